The minimum absolute atomic E-state index is 0.183. The van der Waals surface area contributed by atoms with Crippen molar-refractivity contribution in [2.24, 2.45) is 11.8 Å². The average molecular weight is 256 g/mol. The summed E-state index contributed by atoms with van der Waals surface area (Å²) in [6.45, 7) is 10.7. The summed E-state index contributed by atoms with van der Waals surface area (Å²) < 4.78 is 0.183. The van der Waals surface area contributed by atoms with E-state index in [1.807, 2.05) is 0 Å². The van der Waals surface area contributed by atoms with Crippen molar-refractivity contribution in [3.05, 3.63) is 0 Å². The Bertz CT molecular complexity index is 288. The second-order valence-corrected chi connectivity index (χ2v) is 8.01. The summed E-state index contributed by atoms with van der Waals surface area (Å²) in [7, 11) is 0. The van der Waals surface area contributed by atoms with Gasteiger partial charge in [0.2, 0.25) is 5.91 Å². The Morgan fingerprint density at radius 3 is 2.76 bits per heavy atom. The van der Waals surface area contributed by atoms with E-state index in [2.05, 4.69) is 31.0 Å². The zero-order chi connectivity index (χ0) is 12.5. The molecule has 2 unspecified atom stereocenters. The summed E-state index contributed by atoms with van der Waals surface area (Å²) in [6, 6.07) is 0. The van der Waals surface area contributed by atoms with E-state index < -0.39 is 0 Å². The molecule has 2 aliphatic rings. The lowest BCUT2D eigenvalue weighted by atomic mass is 9.89. The summed E-state index contributed by atoms with van der Waals surface area (Å²) in [6.07, 6.45) is 1.18. The molecule has 2 heterocycles. The van der Waals surface area contributed by atoms with E-state index in [1.54, 1.807) is 11.8 Å². The monoisotopic (exact) mass is 256 g/mol. The number of rotatable bonds is 2. The normalized spacial score (nSPS) is 29.2. The third kappa shape index (κ3) is 3.62. The molecule has 0 radical (unpaired) electrons. The highest BCUT2D eigenvalue weighted by molar-refractivity contribution is 8.01. The minimum Gasteiger partial charge on any atom is -0.342 e. The van der Waals surface area contributed by atoms with Gasteiger partial charge in [-0.1, -0.05) is 20.8 Å². The highest BCUT2D eigenvalue weighted by atomic mass is 32.2. The van der Waals surface area contributed by atoms with Gasteiger partial charge < -0.3 is 10.2 Å². The molecule has 2 rings (SSSR count). The van der Waals surface area contributed by atoms with Gasteiger partial charge in [-0.15, -0.1) is 11.8 Å². The first-order chi connectivity index (χ1) is 7.96. The van der Waals surface area contributed by atoms with Crippen LogP contribution in [0, 0.1) is 11.8 Å². The van der Waals surface area contributed by atoms with Gasteiger partial charge in [-0.05, 0) is 31.3 Å². The predicted octanol–water partition coefficient (Wildman–Crippen LogP) is 1.59. The third-order valence-corrected chi connectivity index (χ3v) is 4.94. The number of thioether (sulfide) groups is 1. The zero-order valence-corrected chi connectivity index (χ0v) is 12.0. The van der Waals surface area contributed by atoms with E-state index in [1.165, 1.54) is 6.42 Å². The fraction of sp³-hybridized carbons (Fsp3) is 0.923. The van der Waals surface area contributed by atoms with Crippen LogP contribution in [0.2, 0.25) is 0 Å². The Hall–Kier alpha value is -0.220. The number of nitrogens with zero attached hydrogens (tertiary/aromatic N) is 1. The molecular formula is C13H24N2OS. The fourth-order valence-corrected chi connectivity index (χ4v) is 3.37. The molecule has 0 aromatic heterocycles. The predicted molar refractivity (Wildman–Crippen MR) is 73.3 cm³/mol. The molecular weight excluding hydrogens is 232 g/mol. The Kier molecular flexibility index (Phi) is 4.03. The first-order valence-electron chi connectivity index (χ1n) is 6.58. The van der Waals surface area contributed by atoms with Gasteiger partial charge in [-0.25, -0.2) is 0 Å². The van der Waals surface area contributed by atoms with Crippen molar-refractivity contribution in [3.63, 3.8) is 0 Å². The van der Waals surface area contributed by atoms with Crippen molar-refractivity contribution in [2.45, 2.75) is 31.9 Å². The Morgan fingerprint density at radius 2 is 2.06 bits per heavy atom. The van der Waals surface area contributed by atoms with Crippen molar-refractivity contribution in [1.29, 1.82) is 0 Å². The summed E-state index contributed by atoms with van der Waals surface area (Å²) in [4.78, 5) is 14.2. The molecule has 0 aliphatic carbocycles. The molecule has 17 heavy (non-hydrogen) atoms. The van der Waals surface area contributed by atoms with E-state index in [4.69, 9.17) is 0 Å². The molecule has 1 N–H and O–H groups in total. The Labute approximate surface area is 109 Å². The maximum atomic E-state index is 12.1. The molecule has 98 valence electrons. The summed E-state index contributed by atoms with van der Waals surface area (Å²) >= 11 is 1.75. The molecule has 0 aromatic carbocycles. The number of carbonyl (C=O) groups is 1. The first-order valence-corrected chi connectivity index (χ1v) is 7.57. The van der Waals surface area contributed by atoms with E-state index in [-0.39, 0.29) is 4.75 Å². The van der Waals surface area contributed by atoms with Crippen LogP contribution in [-0.4, -0.2) is 47.5 Å². The number of fused-ring (bicyclic) bond motifs is 1. The number of amides is 1. The number of hydrogen-bond acceptors (Lipinski definition) is 3. The lowest BCUT2D eigenvalue weighted by molar-refractivity contribution is -0.130. The average Bonchev–Trinajstić information content (AvgIpc) is 2.71. The number of piperidine rings is 1. The van der Waals surface area contributed by atoms with Crippen molar-refractivity contribution in [3.8, 4) is 0 Å². The van der Waals surface area contributed by atoms with Crippen molar-refractivity contribution >= 4 is 17.7 Å². The van der Waals surface area contributed by atoms with Crippen LogP contribution in [0.25, 0.3) is 0 Å². The van der Waals surface area contributed by atoms with Gasteiger partial charge in [-0.3, -0.25) is 4.79 Å². The second kappa shape index (κ2) is 5.19. The van der Waals surface area contributed by atoms with Crippen LogP contribution in [-0.2, 0) is 4.79 Å². The zero-order valence-electron chi connectivity index (χ0n) is 11.2. The molecule has 2 saturated heterocycles. The van der Waals surface area contributed by atoms with Gasteiger partial charge in [0.25, 0.3) is 0 Å². The number of nitrogens with one attached hydrogen (secondary N) is 1. The molecule has 2 aliphatic heterocycles. The van der Waals surface area contributed by atoms with Crippen LogP contribution in [0.3, 0.4) is 0 Å². The molecule has 0 saturated carbocycles. The summed E-state index contributed by atoms with van der Waals surface area (Å²) in [5.74, 6) is 2.48. The van der Waals surface area contributed by atoms with Gasteiger partial charge in [0.05, 0.1) is 5.75 Å². The van der Waals surface area contributed by atoms with Gasteiger partial charge in [0.15, 0.2) is 0 Å². The topological polar surface area (TPSA) is 32.3 Å². The molecule has 0 aromatic rings. The van der Waals surface area contributed by atoms with Gasteiger partial charge in [-0.2, -0.15) is 0 Å². The van der Waals surface area contributed by atoms with E-state index in [0.29, 0.717) is 17.6 Å². The fourth-order valence-electron chi connectivity index (χ4n) is 2.63. The van der Waals surface area contributed by atoms with E-state index in [9.17, 15) is 4.79 Å². The highest BCUT2D eigenvalue weighted by Crippen LogP contribution is 2.28. The smallest absolute Gasteiger partial charge is 0.232 e. The van der Waals surface area contributed by atoms with Crippen LogP contribution in [0.4, 0.5) is 0 Å². The maximum absolute atomic E-state index is 12.1. The van der Waals surface area contributed by atoms with Crippen LogP contribution >= 0.6 is 11.8 Å². The molecule has 0 spiro atoms. The van der Waals surface area contributed by atoms with Gasteiger partial charge in [0, 0.05) is 17.8 Å². The molecule has 1 amide bonds. The minimum atomic E-state index is 0.183. The number of carbonyl (C=O) groups excluding carboxylic acids is 1. The molecule has 4 heteroatoms. The lowest BCUT2D eigenvalue weighted by Gasteiger charge is -2.35. The van der Waals surface area contributed by atoms with Crippen LogP contribution in [0.1, 0.15) is 27.2 Å². The second-order valence-electron chi connectivity index (χ2n) is 6.21. The van der Waals surface area contributed by atoms with E-state index in [0.717, 1.165) is 32.1 Å². The van der Waals surface area contributed by atoms with Crippen LogP contribution in [0.5, 0.6) is 0 Å². The largest absolute Gasteiger partial charge is 0.342 e. The van der Waals surface area contributed by atoms with Gasteiger partial charge >= 0.3 is 0 Å². The van der Waals surface area contributed by atoms with Crippen LogP contribution < -0.4 is 5.32 Å². The number of hydrogen-bond donors (Lipinski definition) is 1. The maximum Gasteiger partial charge on any atom is 0.232 e. The molecule has 2 fully saturated rings. The van der Waals surface area contributed by atoms with Crippen molar-refractivity contribution < 1.29 is 4.79 Å². The first kappa shape index (κ1) is 13.2. The SMILES string of the molecule is CC(C)(C)SCC(=O)N1CCC2CNCC2C1. The molecule has 3 nitrogen and oxygen atoms in total. The Morgan fingerprint density at radius 1 is 1.35 bits per heavy atom. The molecule has 0 bridgehead atoms. The summed E-state index contributed by atoms with van der Waals surface area (Å²) in [5, 5.41) is 3.44. The summed E-state index contributed by atoms with van der Waals surface area (Å²) in [5.41, 5.74) is 0. The lowest BCUT2D eigenvalue weighted by Crippen LogP contribution is -2.44. The standard InChI is InChI=1S/C13H24N2OS/c1-13(2,3)17-9-12(16)15-5-4-10-6-14-7-11(10)8-15/h10-11,14H,4-9H2,1-3H3. The van der Waals surface area contributed by atoms with Gasteiger partial charge in [0.1, 0.15) is 0 Å². The quantitative estimate of drug-likeness (QED) is 0.814. The van der Waals surface area contributed by atoms with Crippen molar-refractivity contribution in [1.82, 2.24) is 10.2 Å². The third-order valence-electron chi connectivity index (χ3n) is 3.69. The molecule has 2 atom stereocenters. The van der Waals surface area contributed by atoms with Crippen LogP contribution in [0.15, 0.2) is 0 Å². The number of likely N-dealkylation sites (tertiary alicyclic amines) is 1. The Balaban J connectivity index is 1.80. The van der Waals surface area contributed by atoms with E-state index >= 15 is 0 Å². The van der Waals surface area contributed by atoms with Crippen molar-refractivity contribution in [2.75, 3.05) is 31.9 Å². The highest BCUT2D eigenvalue weighted by Gasteiger charge is 2.34.